The maximum absolute atomic E-state index is 9.67. The van der Waals surface area contributed by atoms with Crippen molar-refractivity contribution in [2.45, 2.75) is 32.6 Å². The third kappa shape index (κ3) is 2.45. The second-order valence-corrected chi connectivity index (χ2v) is 6.10. The molecule has 1 atom stereocenters. The van der Waals surface area contributed by atoms with E-state index in [1.54, 1.807) is 0 Å². The number of benzene rings is 2. The van der Waals surface area contributed by atoms with Gasteiger partial charge >= 0.3 is 0 Å². The Morgan fingerprint density at radius 1 is 1.09 bits per heavy atom. The molecule has 0 amide bonds. The van der Waals surface area contributed by atoms with Crippen LogP contribution in [0.3, 0.4) is 0 Å². The van der Waals surface area contributed by atoms with E-state index in [2.05, 4.69) is 19.1 Å². The van der Waals surface area contributed by atoms with Crippen LogP contribution in [0.5, 0.6) is 0 Å². The summed E-state index contributed by atoms with van der Waals surface area (Å²) in [5.74, 6) is 0.603. The molecule has 1 aliphatic rings. The molecule has 2 aromatic carbocycles. The van der Waals surface area contributed by atoms with Crippen molar-refractivity contribution >= 4 is 5.69 Å². The molecule has 1 unspecified atom stereocenters. The first-order valence-corrected chi connectivity index (χ1v) is 8.04. The summed E-state index contributed by atoms with van der Waals surface area (Å²) in [6.07, 6.45) is 3.98. The van der Waals surface area contributed by atoms with Crippen LogP contribution in [-0.4, -0.2) is 0 Å². The summed E-state index contributed by atoms with van der Waals surface area (Å²) < 4.78 is 0. The van der Waals surface area contributed by atoms with Gasteiger partial charge in [0.1, 0.15) is 12.1 Å². The Bertz CT molecular complexity index is 823. The zero-order valence-electron chi connectivity index (χ0n) is 13.3. The highest BCUT2D eigenvalue weighted by Gasteiger charge is 2.28. The predicted octanol–water partition coefficient (Wildman–Crippen LogP) is 4.19. The van der Waals surface area contributed by atoms with Crippen LogP contribution < -0.4 is 5.73 Å². The second kappa shape index (κ2) is 6.15. The molecule has 0 saturated heterocycles. The molecule has 23 heavy (non-hydrogen) atoms. The van der Waals surface area contributed by atoms with Crippen molar-refractivity contribution < 1.29 is 0 Å². The monoisotopic (exact) mass is 301 g/mol. The molecule has 0 fully saturated rings. The van der Waals surface area contributed by atoms with E-state index in [9.17, 15) is 10.5 Å². The number of fused-ring (bicyclic) bond motifs is 1. The van der Waals surface area contributed by atoms with Crippen molar-refractivity contribution in [1.82, 2.24) is 0 Å². The summed E-state index contributed by atoms with van der Waals surface area (Å²) >= 11 is 0. The summed E-state index contributed by atoms with van der Waals surface area (Å²) in [5, 5.41) is 19.2. The zero-order valence-corrected chi connectivity index (χ0v) is 13.3. The zero-order chi connectivity index (χ0) is 16.4. The lowest BCUT2D eigenvalue weighted by Crippen LogP contribution is -2.18. The Labute approximate surface area is 137 Å². The minimum atomic E-state index is 0.336. The third-order valence-corrected chi connectivity index (χ3v) is 4.92. The fraction of sp³-hybridized carbons (Fsp3) is 0.300. The largest absolute Gasteiger partial charge is 0.397 e. The summed E-state index contributed by atoms with van der Waals surface area (Å²) in [6.45, 7) is 2.20. The molecular formula is C20H19N3. The first kappa shape index (κ1) is 15.1. The summed E-state index contributed by atoms with van der Waals surface area (Å²) in [6, 6.07) is 14.4. The molecule has 0 aromatic heterocycles. The number of rotatable bonds is 2. The van der Waals surface area contributed by atoms with Gasteiger partial charge < -0.3 is 5.73 Å². The van der Waals surface area contributed by atoms with Crippen molar-refractivity contribution in [2.24, 2.45) is 5.92 Å². The smallest absolute Gasteiger partial charge is 0.102 e. The van der Waals surface area contributed by atoms with Gasteiger partial charge in [-0.15, -0.1) is 0 Å². The van der Waals surface area contributed by atoms with Gasteiger partial charge in [0, 0.05) is 5.56 Å². The number of hydrogen-bond donors (Lipinski definition) is 1. The van der Waals surface area contributed by atoms with Crippen molar-refractivity contribution in [1.29, 1.82) is 10.5 Å². The Morgan fingerprint density at radius 3 is 2.39 bits per heavy atom. The Kier molecular flexibility index (Phi) is 4.04. The third-order valence-electron chi connectivity index (χ3n) is 4.92. The fourth-order valence-corrected chi connectivity index (χ4v) is 3.63. The highest BCUT2D eigenvalue weighted by molar-refractivity contribution is 5.85. The second-order valence-electron chi connectivity index (χ2n) is 6.10. The summed E-state index contributed by atoms with van der Waals surface area (Å²) in [5.41, 5.74) is 11.6. The maximum atomic E-state index is 9.67. The molecule has 114 valence electrons. The highest BCUT2D eigenvalue weighted by atomic mass is 14.6. The van der Waals surface area contributed by atoms with E-state index < -0.39 is 0 Å². The van der Waals surface area contributed by atoms with Gasteiger partial charge in [-0.2, -0.15) is 10.5 Å². The first-order valence-electron chi connectivity index (χ1n) is 8.04. The van der Waals surface area contributed by atoms with E-state index in [1.807, 2.05) is 30.3 Å². The average molecular weight is 301 g/mol. The van der Waals surface area contributed by atoms with E-state index >= 15 is 0 Å². The van der Waals surface area contributed by atoms with Crippen LogP contribution in [0.2, 0.25) is 0 Å². The minimum Gasteiger partial charge on any atom is -0.397 e. The van der Waals surface area contributed by atoms with Gasteiger partial charge in [-0.1, -0.05) is 43.7 Å². The molecule has 0 heterocycles. The van der Waals surface area contributed by atoms with Gasteiger partial charge in [-0.3, -0.25) is 0 Å². The number of nitrogen functional groups attached to an aromatic ring is 1. The Hall–Kier alpha value is -2.78. The van der Waals surface area contributed by atoms with Gasteiger partial charge in [0.15, 0.2) is 0 Å². The normalized spacial score (nSPS) is 16.2. The van der Waals surface area contributed by atoms with Crippen molar-refractivity contribution in [3.05, 3.63) is 52.6 Å². The van der Waals surface area contributed by atoms with Gasteiger partial charge in [-0.25, -0.2) is 0 Å². The number of nitrogens with two attached hydrogens (primary N) is 1. The maximum Gasteiger partial charge on any atom is 0.102 e. The number of nitrogens with zero attached hydrogens (tertiary/aromatic N) is 2. The topological polar surface area (TPSA) is 73.6 Å². The SMILES string of the molecule is CCC1CCc2c(C#N)c(N)c(C#N)c(-c3ccccc3)c2C1. The van der Waals surface area contributed by atoms with Crippen LogP contribution in [0.1, 0.15) is 42.0 Å². The van der Waals surface area contributed by atoms with E-state index in [1.165, 1.54) is 0 Å². The molecule has 3 nitrogen and oxygen atoms in total. The van der Waals surface area contributed by atoms with E-state index in [-0.39, 0.29) is 0 Å². The molecular weight excluding hydrogens is 282 g/mol. The van der Waals surface area contributed by atoms with Gasteiger partial charge in [0.25, 0.3) is 0 Å². The Morgan fingerprint density at radius 2 is 1.78 bits per heavy atom. The lowest BCUT2D eigenvalue weighted by molar-refractivity contribution is 0.445. The van der Waals surface area contributed by atoms with Crippen LogP contribution in [0.25, 0.3) is 11.1 Å². The molecule has 0 radical (unpaired) electrons. The number of hydrogen-bond acceptors (Lipinski definition) is 3. The van der Waals surface area contributed by atoms with Crippen LogP contribution >= 0.6 is 0 Å². The van der Waals surface area contributed by atoms with Gasteiger partial charge in [-0.05, 0) is 41.9 Å². The standard InChI is InChI=1S/C20H19N3/c1-2-13-8-9-15-16(10-13)19(14-6-4-3-5-7-14)18(12-22)20(23)17(15)11-21/h3-7,13H,2,8-10,23H2,1H3. The molecule has 1 aliphatic carbocycles. The van der Waals surface area contributed by atoms with Crippen molar-refractivity contribution in [3.63, 3.8) is 0 Å². The summed E-state index contributed by atoms with van der Waals surface area (Å²) in [7, 11) is 0. The predicted molar refractivity (Wildman–Crippen MR) is 91.5 cm³/mol. The van der Waals surface area contributed by atoms with Crippen LogP contribution in [-0.2, 0) is 12.8 Å². The summed E-state index contributed by atoms with van der Waals surface area (Å²) in [4.78, 5) is 0. The van der Waals surface area contributed by atoms with Gasteiger partial charge in [0.2, 0.25) is 0 Å². The molecule has 0 aliphatic heterocycles. The van der Waals surface area contributed by atoms with E-state index in [4.69, 9.17) is 5.73 Å². The van der Waals surface area contributed by atoms with Crippen LogP contribution in [0, 0.1) is 28.6 Å². The molecule has 2 N–H and O–H groups in total. The molecule has 2 aromatic rings. The van der Waals surface area contributed by atoms with Crippen LogP contribution in [0.15, 0.2) is 30.3 Å². The molecule has 0 bridgehead atoms. The van der Waals surface area contributed by atoms with Crippen LogP contribution in [0.4, 0.5) is 5.69 Å². The van der Waals surface area contributed by atoms with Gasteiger partial charge in [0.05, 0.1) is 16.8 Å². The average Bonchev–Trinajstić information content (AvgIpc) is 2.61. The first-order chi connectivity index (χ1) is 11.2. The highest BCUT2D eigenvalue weighted by Crippen LogP contribution is 2.41. The lowest BCUT2D eigenvalue weighted by atomic mass is 9.75. The number of nitriles is 2. The Balaban J connectivity index is 2.36. The molecule has 3 rings (SSSR count). The molecule has 0 saturated carbocycles. The van der Waals surface area contributed by atoms with E-state index in [0.717, 1.165) is 47.9 Å². The fourth-order valence-electron chi connectivity index (χ4n) is 3.63. The van der Waals surface area contributed by atoms with Crippen molar-refractivity contribution in [2.75, 3.05) is 5.73 Å². The van der Waals surface area contributed by atoms with E-state index in [0.29, 0.717) is 22.7 Å². The molecule has 0 spiro atoms. The van der Waals surface area contributed by atoms with Crippen molar-refractivity contribution in [3.8, 4) is 23.3 Å². The minimum absolute atomic E-state index is 0.336. The lowest BCUT2D eigenvalue weighted by Gasteiger charge is -2.28. The molecule has 3 heteroatoms. The quantitative estimate of drug-likeness (QED) is 0.845. The number of anilines is 1.